The Labute approximate surface area is 72.7 Å². The fourth-order valence-corrected chi connectivity index (χ4v) is 1.01. The van der Waals surface area contributed by atoms with Crippen molar-refractivity contribution >= 4 is 12.3 Å². The summed E-state index contributed by atoms with van der Waals surface area (Å²) < 4.78 is 4.28. The van der Waals surface area contributed by atoms with Gasteiger partial charge in [-0.1, -0.05) is 0 Å². The molecule has 0 aromatic carbocycles. The van der Waals surface area contributed by atoms with Crippen LogP contribution in [0.25, 0.3) is 0 Å². The highest BCUT2D eigenvalue weighted by molar-refractivity contribution is 5.79. The number of hydrogen-bond donors (Lipinski definition) is 4. The topological polar surface area (TPSA) is 130 Å². The standard InChI is InChI=1S/C6H9NO6/c7-6(2(9)1-8)4(11)3(10)5(12)13-6/h1-4,9-11H,7H2/t2-,3-,4+,6+/m0/s1. The Morgan fingerprint density at radius 2 is 2.15 bits per heavy atom. The fourth-order valence-electron chi connectivity index (χ4n) is 1.01. The summed E-state index contributed by atoms with van der Waals surface area (Å²) in [4.78, 5) is 20.8. The molecule has 7 heteroatoms. The smallest absolute Gasteiger partial charge is 0.339 e. The van der Waals surface area contributed by atoms with E-state index < -0.39 is 30.0 Å². The second-order valence-electron chi connectivity index (χ2n) is 2.75. The molecule has 0 amide bonds. The first-order valence-electron chi connectivity index (χ1n) is 3.44. The maximum atomic E-state index is 10.7. The summed E-state index contributed by atoms with van der Waals surface area (Å²) in [7, 11) is 0. The lowest BCUT2D eigenvalue weighted by molar-refractivity contribution is -0.166. The molecule has 0 aliphatic carbocycles. The molecule has 0 unspecified atom stereocenters. The van der Waals surface area contributed by atoms with Crippen LogP contribution in [0.1, 0.15) is 0 Å². The summed E-state index contributed by atoms with van der Waals surface area (Å²) in [5.74, 6) is -1.17. The summed E-state index contributed by atoms with van der Waals surface area (Å²) in [6.45, 7) is 0. The van der Waals surface area contributed by atoms with E-state index >= 15 is 0 Å². The van der Waals surface area contributed by atoms with E-state index in [1.165, 1.54) is 0 Å². The Balaban J connectivity index is 2.93. The molecule has 0 aromatic rings. The van der Waals surface area contributed by atoms with Gasteiger partial charge in [0.1, 0.15) is 6.10 Å². The van der Waals surface area contributed by atoms with Crippen molar-refractivity contribution < 1.29 is 29.6 Å². The van der Waals surface area contributed by atoms with Crippen LogP contribution in [0.5, 0.6) is 0 Å². The highest BCUT2D eigenvalue weighted by Gasteiger charge is 2.56. The minimum absolute atomic E-state index is 0.00847. The molecule has 1 rings (SSSR count). The zero-order chi connectivity index (χ0) is 10.2. The molecule has 0 saturated carbocycles. The number of carbonyl (C=O) groups excluding carboxylic acids is 2. The molecule has 74 valence electrons. The van der Waals surface area contributed by atoms with Crippen LogP contribution in [-0.4, -0.2) is 51.6 Å². The predicted molar refractivity (Wildman–Crippen MR) is 37.1 cm³/mol. The van der Waals surface area contributed by atoms with Gasteiger partial charge in [0, 0.05) is 0 Å². The van der Waals surface area contributed by atoms with Gasteiger partial charge in [-0.25, -0.2) is 4.79 Å². The first-order valence-corrected chi connectivity index (χ1v) is 3.44. The number of nitrogens with two attached hydrogens (primary N) is 1. The van der Waals surface area contributed by atoms with E-state index in [4.69, 9.17) is 21.1 Å². The summed E-state index contributed by atoms with van der Waals surface area (Å²) in [5, 5.41) is 27.0. The van der Waals surface area contributed by atoms with Crippen molar-refractivity contribution in [3.63, 3.8) is 0 Å². The number of rotatable bonds is 2. The van der Waals surface area contributed by atoms with Crippen LogP contribution < -0.4 is 5.73 Å². The van der Waals surface area contributed by atoms with E-state index in [-0.39, 0.29) is 6.29 Å². The Morgan fingerprint density at radius 3 is 2.46 bits per heavy atom. The van der Waals surface area contributed by atoms with Crippen molar-refractivity contribution in [2.45, 2.75) is 24.0 Å². The molecule has 1 saturated heterocycles. The van der Waals surface area contributed by atoms with Crippen LogP contribution in [0.4, 0.5) is 0 Å². The van der Waals surface area contributed by atoms with Crippen LogP contribution >= 0.6 is 0 Å². The number of carbonyl (C=O) groups is 2. The third kappa shape index (κ3) is 1.31. The van der Waals surface area contributed by atoms with E-state index in [9.17, 15) is 9.59 Å². The van der Waals surface area contributed by atoms with E-state index in [0.29, 0.717) is 0 Å². The minimum Gasteiger partial charge on any atom is -0.436 e. The average molecular weight is 191 g/mol. The van der Waals surface area contributed by atoms with Gasteiger partial charge in [0.05, 0.1) is 0 Å². The number of hydrogen-bond acceptors (Lipinski definition) is 7. The number of aliphatic hydroxyl groups excluding tert-OH is 3. The quantitative estimate of drug-likeness (QED) is 0.263. The van der Waals surface area contributed by atoms with E-state index in [1.54, 1.807) is 0 Å². The second kappa shape index (κ2) is 3.04. The van der Waals surface area contributed by atoms with Gasteiger partial charge >= 0.3 is 5.97 Å². The number of ether oxygens (including phenoxy) is 1. The van der Waals surface area contributed by atoms with E-state index in [1.807, 2.05) is 0 Å². The molecule has 1 heterocycles. The zero-order valence-corrected chi connectivity index (χ0v) is 6.45. The average Bonchev–Trinajstić information content (AvgIpc) is 2.30. The SMILES string of the molecule is N[C@]1([C@@H](O)C=O)OC(=O)[C@@H](O)[C@H]1O. The molecular weight excluding hydrogens is 182 g/mol. The zero-order valence-electron chi connectivity index (χ0n) is 6.45. The van der Waals surface area contributed by atoms with Gasteiger partial charge in [0.2, 0.25) is 5.72 Å². The lowest BCUT2D eigenvalue weighted by atomic mass is 10.0. The molecule has 0 bridgehead atoms. The molecule has 1 aliphatic rings. The van der Waals surface area contributed by atoms with E-state index in [0.717, 1.165) is 0 Å². The molecule has 1 fully saturated rings. The second-order valence-corrected chi connectivity index (χ2v) is 2.75. The molecule has 7 nitrogen and oxygen atoms in total. The fraction of sp³-hybridized carbons (Fsp3) is 0.667. The monoisotopic (exact) mass is 191 g/mol. The Kier molecular flexibility index (Phi) is 2.35. The first-order chi connectivity index (χ1) is 5.93. The van der Waals surface area contributed by atoms with Crippen LogP contribution in [0.2, 0.25) is 0 Å². The first kappa shape index (κ1) is 10.1. The van der Waals surface area contributed by atoms with Crippen molar-refractivity contribution in [1.82, 2.24) is 0 Å². The third-order valence-electron chi connectivity index (χ3n) is 1.87. The van der Waals surface area contributed by atoms with E-state index in [2.05, 4.69) is 4.74 Å². The number of aldehydes is 1. The Morgan fingerprint density at radius 1 is 1.62 bits per heavy atom. The number of esters is 1. The van der Waals surface area contributed by atoms with Crippen molar-refractivity contribution in [3.05, 3.63) is 0 Å². The van der Waals surface area contributed by atoms with Crippen molar-refractivity contribution in [1.29, 1.82) is 0 Å². The minimum atomic E-state index is -2.25. The Bertz CT molecular complexity index is 243. The van der Waals surface area contributed by atoms with Crippen LogP contribution in [0, 0.1) is 0 Å². The molecule has 4 atom stereocenters. The van der Waals surface area contributed by atoms with Crippen molar-refractivity contribution in [3.8, 4) is 0 Å². The van der Waals surface area contributed by atoms with Crippen LogP contribution in [0.3, 0.4) is 0 Å². The van der Waals surface area contributed by atoms with Gasteiger partial charge in [-0.05, 0) is 0 Å². The summed E-state index contributed by atoms with van der Waals surface area (Å²) >= 11 is 0. The summed E-state index contributed by atoms with van der Waals surface area (Å²) in [6.07, 6.45) is -5.52. The van der Waals surface area contributed by atoms with Gasteiger partial charge in [0.15, 0.2) is 18.5 Å². The molecule has 13 heavy (non-hydrogen) atoms. The highest BCUT2D eigenvalue weighted by Crippen LogP contribution is 2.25. The summed E-state index contributed by atoms with van der Waals surface area (Å²) in [6, 6.07) is 0. The van der Waals surface area contributed by atoms with Gasteiger partial charge in [-0.15, -0.1) is 0 Å². The van der Waals surface area contributed by atoms with Gasteiger partial charge in [0.25, 0.3) is 0 Å². The molecule has 0 radical (unpaired) electrons. The van der Waals surface area contributed by atoms with Crippen molar-refractivity contribution in [2.75, 3.05) is 0 Å². The Hall–Kier alpha value is -1.02. The van der Waals surface area contributed by atoms with Crippen LogP contribution in [-0.2, 0) is 14.3 Å². The molecule has 5 N–H and O–H groups in total. The van der Waals surface area contributed by atoms with Gasteiger partial charge < -0.3 is 24.9 Å². The normalized spacial score (nSPS) is 41.4. The number of cyclic esters (lactones) is 1. The summed E-state index contributed by atoms with van der Waals surface area (Å²) in [5.41, 5.74) is 2.95. The lowest BCUT2D eigenvalue weighted by Gasteiger charge is -2.27. The highest BCUT2D eigenvalue weighted by atomic mass is 16.6. The molecule has 1 aliphatic heterocycles. The molecule has 0 spiro atoms. The third-order valence-corrected chi connectivity index (χ3v) is 1.87. The maximum absolute atomic E-state index is 10.7. The van der Waals surface area contributed by atoms with Gasteiger partial charge in [-0.3, -0.25) is 5.73 Å². The molecule has 0 aromatic heterocycles. The predicted octanol–water partition coefficient (Wildman–Crippen LogP) is -3.52. The number of aliphatic hydroxyl groups is 3. The van der Waals surface area contributed by atoms with Gasteiger partial charge in [-0.2, -0.15) is 0 Å². The van der Waals surface area contributed by atoms with Crippen LogP contribution in [0.15, 0.2) is 0 Å². The molecular formula is C6H9NO6. The maximum Gasteiger partial charge on any atom is 0.339 e. The van der Waals surface area contributed by atoms with Crippen molar-refractivity contribution in [2.24, 2.45) is 5.73 Å². The largest absolute Gasteiger partial charge is 0.436 e. The lowest BCUT2D eigenvalue weighted by Crippen LogP contribution is -2.60.